The molecule has 0 heterocycles. The van der Waals surface area contributed by atoms with Crippen molar-refractivity contribution < 1.29 is 0 Å². The van der Waals surface area contributed by atoms with Crippen molar-refractivity contribution in [3.8, 4) is 0 Å². The standard InChI is InChI=1S/C13H25NS/c1-7-13(15-6)10-12(4)14(5)9-8-11(2)3/h7,11,13H,1,4,8-10H2,2-3,5-6H3. The quantitative estimate of drug-likeness (QED) is 0.581. The van der Waals surface area contributed by atoms with E-state index in [2.05, 4.69) is 45.2 Å². The van der Waals surface area contributed by atoms with Gasteiger partial charge in [0.1, 0.15) is 0 Å². The van der Waals surface area contributed by atoms with Crippen LogP contribution in [-0.4, -0.2) is 30.0 Å². The maximum Gasteiger partial charge on any atom is 0.0276 e. The fourth-order valence-electron chi connectivity index (χ4n) is 1.26. The van der Waals surface area contributed by atoms with Gasteiger partial charge in [-0.15, -0.1) is 6.58 Å². The predicted octanol–water partition coefficient (Wildman–Crippen LogP) is 3.79. The van der Waals surface area contributed by atoms with Gasteiger partial charge in [-0.3, -0.25) is 0 Å². The SMILES string of the molecule is C=CC(CC(=C)N(C)CCC(C)C)SC. The Kier molecular flexibility index (Phi) is 7.67. The minimum atomic E-state index is 0.499. The van der Waals surface area contributed by atoms with Gasteiger partial charge >= 0.3 is 0 Å². The highest BCUT2D eigenvalue weighted by Gasteiger charge is 2.08. The molecule has 0 saturated heterocycles. The van der Waals surface area contributed by atoms with Gasteiger partial charge in [-0.05, 0) is 18.6 Å². The first-order chi connectivity index (χ1) is 7.01. The van der Waals surface area contributed by atoms with E-state index < -0.39 is 0 Å². The largest absolute Gasteiger partial charge is 0.378 e. The van der Waals surface area contributed by atoms with Crippen LogP contribution in [0.3, 0.4) is 0 Å². The average molecular weight is 227 g/mol. The third-order valence-electron chi connectivity index (χ3n) is 2.58. The zero-order valence-electron chi connectivity index (χ0n) is 10.6. The second-order valence-corrected chi connectivity index (χ2v) is 5.46. The molecule has 0 aliphatic carbocycles. The molecule has 1 nitrogen and oxygen atoms in total. The van der Waals surface area contributed by atoms with Crippen molar-refractivity contribution >= 4 is 11.8 Å². The minimum Gasteiger partial charge on any atom is -0.378 e. The van der Waals surface area contributed by atoms with E-state index in [0.717, 1.165) is 18.9 Å². The van der Waals surface area contributed by atoms with Crippen molar-refractivity contribution in [2.75, 3.05) is 19.8 Å². The van der Waals surface area contributed by atoms with Crippen LogP contribution in [0, 0.1) is 5.92 Å². The Bertz CT molecular complexity index is 199. The highest BCUT2D eigenvalue weighted by atomic mass is 32.2. The summed E-state index contributed by atoms with van der Waals surface area (Å²) in [5, 5.41) is 0.499. The molecule has 0 bridgehead atoms. The van der Waals surface area contributed by atoms with Crippen LogP contribution in [0.15, 0.2) is 24.9 Å². The fraction of sp³-hybridized carbons (Fsp3) is 0.692. The predicted molar refractivity (Wildman–Crippen MR) is 73.3 cm³/mol. The summed E-state index contributed by atoms with van der Waals surface area (Å²) >= 11 is 1.83. The van der Waals surface area contributed by atoms with Gasteiger partial charge in [0.15, 0.2) is 0 Å². The van der Waals surface area contributed by atoms with Gasteiger partial charge in [-0.1, -0.05) is 26.5 Å². The third kappa shape index (κ3) is 6.67. The molecular formula is C13H25NS. The molecular weight excluding hydrogens is 202 g/mol. The molecule has 0 radical (unpaired) electrons. The Labute approximate surface area is 99.6 Å². The summed E-state index contributed by atoms with van der Waals surface area (Å²) in [5.74, 6) is 0.760. The third-order valence-corrected chi connectivity index (χ3v) is 3.55. The lowest BCUT2D eigenvalue weighted by molar-refractivity contribution is 0.368. The Morgan fingerprint density at radius 3 is 2.47 bits per heavy atom. The minimum absolute atomic E-state index is 0.499. The van der Waals surface area contributed by atoms with Gasteiger partial charge in [0.2, 0.25) is 0 Å². The van der Waals surface area contributed by atoms with Crippen LogP contribution in [0.25, 0.3) is 0 Å². The number of hydrogen-bond donors (Lipinski definition) is 0. The fourth-order valence-corrected chi connectivity index (χ4v) is 1.81. The summed E-state index contributed by atoms with van der Waals surface area (Å²) in [5.41, 5.74) is 1.22. The number of allylic oxidation sites excluding steroid dienone is 1. The summed E-state index contributed by atoms with van der Waals surface area (Å²) in [4.78, 5) is 2.27. The summed E-state index contributed by atoms with van der Waals surface area (Å²) in [6.45, 7) is 13.6. The lowest BCUT2D eigenvalue weighted by Crippen LogP contribution is -2.21. The maximum absolute atomic E-state index is 4.13. The number of thioether (sulfide) groups is 1. The van der Waals surface area contributed by atoms with Crippen molar-refractivity contribution in [2.24, 2.45) is 5.92 Å². The second-order valence-electron chi connectivity index (χ2n) is 4.38. The molecule has 0 amide bonds. The molecule has 0 spiro atoms. The molecule has 15 heavy (non-hydrogen) atoms. The lowest BCUT2D eigenvalue weighted by atomic mass is 10.1. The molecule has 0 rings (SSSR count). The molecule has 88 valence electrons. The lowest BCUT2D eigenvalue weighted by Gasteiger charge is -2.24. The van der Waals surface area contributed by atoms with E-state index in [1.54, 1.807) is 0 Å². The summed E-state index contributed by atoms with van der Waals surface area (Å²) < 4.78 is 0. The van der Waals surface area contributed by atoms with E-state index in [0.29, 0.717) is 5.25 Å². The van der Waals surface area contributed by atoms with Crippen molar-refractivity contribution in [3.63, 3.8) is 0 Å². The van der Waals surface area contributed by atoms with E-state index in [9.17, 15) is 0 Å². The monoisotopic (exact) mass is 227 g/mol. The molecule has 0 aliphatic rings. The smallest absolute Gasteiger partial charge is 0.0276 e. The molecule has 2 heteroatoms. The van der Waals surface area contributed by atoms with Crippen molar-refractivity contribution in [3.05, 3.63) is 24.9 Å². The van der Waals surface area contributed by atoms with Gasteiger partial charge in [0.05, 0.1) is 0 Å². The van der Waals surface area contributed by atoms with Crippen molar-refractivity contribution in [1.82, 2.24) is 4.90 Å². The van der Waals surface area contributed by atoms with Crippen LogP contribution >= 0.6 is 11.8 Å². The molecule has 1 unspecified atom stereocenters. The molecule has 0 aromatic rings. The van der Waals surface area contributed by atoms with Gasteiger partial charge in [0.25, 0.3) is 0 Å². The molecule has 1 atom stereocenters. The topological polar surface area (TPSA) is 3.24 Å². The van der Waals surface area contributed by atoms with Crippen LogP contribution in [0.1, 0.15) is 26.7 Å². The average Bonchev–Trinajstić information content (AvgIpc) is 2.21. The molecule has 0 N–H and O–H groups in total. The number of nitrogens with zero attached hydrogens (tertiary/aromatic N) is 1. The molecule has 0 aliphatic heterocycles. The first-order valence-corrected chi connectivity index (χ1v) is 6.84. The van der Waals surface area contributed by atoms with Crippen LogP contribution in [0.4, 0.5) is 0 Å². The Morgan fingerprint density at radius 2 is 2.07 bits per heavy atom. The zero-order chi connectivity index (χ0) is 11.8. The van der Waals surface area contributed by atoms with Crippen LogP contribution in [-0.2, 0) is 0 Å². The van der Waals surface area contributed by atoms with E-state index in [4.69, 9.17) is 0 Å². The summed E-state index contributed by atoms with van der Waals surface area (Å²) in [7, 11) is 2.13. The second kappa shape index (κ2) is 7.86. The van der Waals surface area contributed by atoms with E-state index in [-0.39, 0.29) is 0 Å². The van der Waals surface area contributed by atoms with E-state index in [1.165, 1.54) is 12.1 Å². The highest BCUT2D eigenvalue weighted by molar-refractivity contribution is 7.99. The van der Waals surface area contributed by atoms with Gasteiger partial charge < -0.3 is 4.90 Å². The van der Waals surface area contributed by atoms with E-state index >= 15 is 0 Å². The molecule has 0 aromatic heterocycles. The Balaban J connectivity index is 3.92. The summed E-state index contributed by atoms with van der Waals surface area (Å²) in [6, 6.07) is 0. The maximum atomic E-state index is 4.13. The van der Waals surface area contributed by atoms with Gasteiger partial charge in [-0.25, -0.2) is 0 Å². The Hall–Kier alpha value is -0.370. The van der Waals surface area contributed by atoms with Crippen LogP contribution in [0.5, 0.6) is 0 Å². The number of hydrogen-bond acceptors (Lipinski definition) is 2. The van der Waals surface area contributed by atoms with Crippen molar-refractivity contribution in [1.29, 1.82) is 0 Å². The summed E-state index contributed by atoms with van der Waals surface area (Å²) in [6.07, 6.45) is 6.37. The molecule has 0 fully saturated rings. The van der Waals surface area contributed by atoms with Gasteiger partial charge in [0, 0.05) is 31.0 Å². The Morgan fingerprint density at radius 1 is 1.47 bits per heavy atom. The zero-order valence-corrected chi connectivity index (χ0v) is 11.4. The van der Waals surface area contributed by atoms with Crippen LogP contribution < -0.4 is 0 Å². The highest BCUT2D eigenvalue weighted by Crippen LogP contribution is 2.18. The number of rotatable bonds is 8. The molecule has 0 aromatic carbocycles. The normalized spacial score (nSPS) is 12.6. The van der Waals surface area contributed by atoms with E-state index in [1.807, 2.05) is 17.8 Å². The van der Waals surface area contributed by atoms with Crippen LogP contribution in [0.2, 0.25) is 0 Å². The van der Waals surface area contributed by atoms with Gasteiger partial charge in [-0.2, -0.15) is 11.8 Å². The van der Waals surface area contributed by atoms with Crippen molar-refractivity contribution in [2.45, 2.75) is 31.9 Å². The first-order valence-electron chi connectivity index (χ1n) is 5.55. The first kappa shape index (κ1) is 14.6. The molecule has 0 saturated carbocycles.